The van der Waals surface area contributed by atoms with Crippen molar-refractivity contribution in [2.24, 2.45) is 5.92 Å². The fraction of sp³-hybridized carbons (Fsp3) is 0.846. The van der Waals surface area contributed by atoms with Gasteiger partial charge in [0.25, 0.3) is 0 Å². The molecule has 2 aliphatic rings. The van der Waals surface area contributed by atoms with Crippen molar-refractivity contribution >= 4 is 33.4 Å². The number of hydrogen-bond acceptors (Lipinski definition) is 5. The maximum atomic E-state index is 12.4. The highest BCUT2D eigenvalue weighted by Gasteiger charge is 2.38. The Hall–Kier alpha value is -0.760. The van der Waals surface area contributed by atoms with E-state index in [0.717, 1.165) is 31.9 Å². The quantitative estimate of drug-likeness (QED) is 0.779. The first-order valence-electron chi connectivity index (χ1n) is 7.22. The van der Waals surface area contributed by atoms with Gasteiger partial charge in [-0.1, -0.05) is 12.8 Å². The van der Waals surface area contributed by atoms with E-state index in [1.807, 2.05) is 0 Å². The van der Waals surface area contributed by atoms with Gasteiger partial charge in [0.15, 0.2) is 0 Å². The average Bonchev–Trinajstić information content (AvgIpc) is 3.07. The molecule has 2 fully saturated rings. The zero-order chi connectivity index (χ0) is 15.5. The van der Waals surface area contributed by atoms with Gasteiger partial charge in [-0.05, 0) is 12.8 Å². The summed E-state index contributed by atoms with van der Waals surface area (Å²) in [5, 5.41) is 2.63. The van der Waals surface area contributed by atoms with Crippen LogP contribution in [0.2, 0.25) is 0 Å². The lowest BCUT2D eigenvalue weighted by atomic mass is 10.1. The molecule has 1 N–H and O–H groups in total. The highest BCUT2D eigenvalue weighted by Crippen LogP contribution is 2.30. The summed E-state index contributed by atoms with van der Waals surface area (Å²) in [6.07, 6.45) is 5.15. The molecule has 1 saturated carbocycles. The Morgan fingerprint density at radius 3 is 2.57 bits per heavy atom. The minimum Gasteiger partial charge on any atom is -0.353 e. The van der Waals surface area contributed by atoms with Gasteiger partial charge >= 0.3 is 0 Å². The third-order valence-electron chi connectivity index (χ3n) is 3.94. The van der Waals surface area contributed by atoms with Gasteiger partial charge in [-0.2, -0.15) is 0 Å². The molecule has 0 spiro atoms. The highest BCUT2D eigenvalue weighted by molar-refractivity contribution is 7.99. The molecule has 2 rings (SSSR count). The molecule has 0 radical (unpaired) electrons. The third-order valence-corrected chi connectivity index (χ3v) is 5.90. The van der Waals surface area contributed by atoms with Crippen molar-refractivity contribution < 1.29 is 18.0 Å². The second-order valence-corrected chi connectivity index (χ2v) is 8.99. The van der Waals surface area contributed by atoms with Crippen LogP contribution >= 0.6 is 11.8 Å². The molecule has 2 amide bonds. The fourth-order valence-electron chi connectivity index (χ4n) is 2.76. The SMILES string of the molecule is CS(=O)(=O)CCNC(=O)C1CSCN1C(=O)C1CCCC1. The molecule has 1 atom stereocenters. The smallest absolute Gasteiger partial charge is 0.243 e. The van der Waals surface area contributed by atoms with Gasteiger partial charge in [-0.25, -0.2) is 8.42 Å². The molecular formula is C13H22N2O4S2. The molecule has 1 aliphatic carbocycles. The van der Waals surface area contributed by atoms with E-state index in [1.54, 1.807) is 16.7 Å². The van der Waals surface area contributed by atoms with Crippen molar-refractivity contribution in [3.63, 3.8) is 0 Å². The van der Waals surface area contributed by atoms with Crippen LogP contribution in [-0.4, -0.2) is 61.4 Å². The molecule has 1 unspecified atom stereocenters. The van der Waals surface area contributed by atoms with Gasteiger partial charge in [0, 0.05) is 24.5 Å². The number of sulfone groups is 1. The summed E-state index contributed by atoms with van der Waals surface area (Å²) in [4.78, 5) is 26.2. The molecule has 6 nitrogen and oxygen atoms in total. The van der Waals surface area contributed by atoms with Crippen molar-refractivity contribution in [3.8, 4) is 0 Å². The summed E-state index contributed by atoms with van der Waals surface area (Å²) in [6, 6.07) is -0.456. The number of nitrogens with zero attached hydrogens (tertiary/aromatic N) is 1. The summed E-state index contributed by atoms with van der Waals surface area (Å²) < 4.78 is 22.1. The van der Waals surface area contributed by atoms with Crippen LogP contribution < -0.4 is 5.32 Å². The molecule has 1 heterocycles. The summed E-state index contributed by atoms with van der Waals surface area (Å²) in [6.45, 7) is 0.101. The van der Waals surface area contributed by atoms with E-state index in [2.05, 4.69) is 5.32 Å². The van der Waals surface area contributed by atoms with Gasteiger partial charge in [0.1, 0.15) is 15.9 Å². The second-order valence-electron chi connectivity index (χ2n) is 5.73. The van der Waals surface area contributed by atoms with Crippen LogP contribution in [0.3, 0.4) is 0 Å². The van der Waals surface area contributed by atoms with E-state index in [1.165, 1.54) is 0 Å². The monoisotopic (exact) mass is 334 g/mol. The molecular weight excluding hydrogens is 312 g/mol. The Labute approximate surface area is 129 Å². The van der Waals surface area contributed by atoms with Crippen LogP contribution in [0.5, 0.6) is 0 Å². The molecule has 21 heavy (non-hydrogen) atoms. The Morgan fingerprint density at radius 2 is 1.95 bits per heavy atom. The van der Waals surface area contributed by atoms with E-state index in [4.69, 9.17) is 0 Å². The Kier molecular flexibility index (Phi) is 5.54. The van der Waals surface area contributed by atoms with Crippen LogP contribution in [0, 0.1) is 5.92 Å². The van der Waals surface area contributed by atoms with Gasteiger partial charge in [-0.3, -0.25) is 9.59 Å². The molecule has 1 saturated heterocycles. The zero-order valence-electron chi connectivity index (χ0n) is 12.2. The lowest BCUT2D eigenvalue weighted by Crippen LogP contribution is -2.49. The number of thioether (sulfide) groups is 1. The van der Waals surface area contributed by atoms with E-state index in [9.17, 15) is 18.0 Å². The van der Waals surface area contributed by atoms with Crippen LogP contribution in [0.15, 0.2) is 0 Å². The lowest BCUT2D eigenvalue weighted by Gasteiger charge is -2.25. The summed E-state index contributed by atoms with van der Waals surface area (Å²) in [5.74, 6) is 0.975. The highest BCUT2D eigenvalue weighted by atomic mass is 32.2. The molecule has 0 bridgehead atoms. The van der Waals surface area contributed by atoms with E-state index in [0.29, 0.717) is 11.6 Å². The maximum absolute atomic E-state index is 12.4. The number of rotatable bonds is 5. The number of hydrogen-bond donors (Lipinski definition) is 1. The predicted octanol–water partition coefficient (Wildman–Crippen LogP) is 0.239. The van der Waals surface area contributed by atoms with E-state index in [-0.39, 0.29) is 30.0 Å². The second kappa shape index (κ2) is 7.00. The number of amides is 2. The van der Waals surface area contributed by atoms with Crippen LogP contribution in [0.4, 0.5) is 0 Å². The van der Waals surface area contributed by atoms with Crippen LogP contribution in [0.25, 0.3) is 0 Å². The van der Waals surface area contributed by atoms with Crippen LogP contribution in [-0.2, 0) is 19.4 Å². The van der Waals surface area contributed by atoms with Crippen LogP contribution in [0.1, 0.15) is 25.7 Å². The molecule has 8 heteroatoms. The molecule has 1 aliphatic heterocycles. The number of carbonyl (C=O) groups excluding carboxylic acids is 2. The predicted molar refractivity (Wildman–Crippen MR) is 82.6 cm³/mol. The molecule has 0 aromatic heterocycles. The van der Waals surface area contributed by atoms with Crippen molar-refractivity contribution in [1.29, 1.82) is 0 Å². The fourth-order valence-corrected chi connectivity index (χ4v) is 4.40. The number of carbonyl (C=O) groups is 2. The average molecular weight is 334 g/mol. The Bertz CT molecular complexity index is 500. The normalized spacial score (nSPS) is 23.5. The number of nitrogens with one attached hydrogen (secondary N) is 1. The largest absolute Gasteiger partial charge is 0.353 e. The van der Waals surface area contributed by atoms with Gasteiger partial charge < -0.3 is 10.2 Å². The molecule has 0 aromatic carbocycles. The first kappa shape index (κ1) is 16.6. The Balaban J connectivity index is 1.88. The van der Waals surface area contributed by atoms with E-state index >= 15 is 0 Å². The molecule has 120 valence electrons. The lowest BCUT2D eigenvalue weighted by molar-refractivity contribution is -0.141. The summed E-state index contributed by atoms with van der Waals surface area (Å²) >= 11 is 1.57. The van der Waals surface area contributed by atoms with Crippen molar-refractivity contribution in [1.82, 2.24) is 10.2 Å². The summed E-state index contributed by atoms with van der Waals surface area (Å²) in [5.41, 5.74) is 0. The Morgan fingerprint density at radius 1 is 1.29 bits per heavy atom. The zero-order valence-corrected chi connectivity index (χ0v) is 13.8. The van der Waals surface area contributed by atoms with Crippen molar-refractivity contribution in [3.05, 3.63) is 0 Å². The van der Waals surface area contributed by atoms with Gasteiger partial charge in [0.05, 0.1) is 11.6 Å². The maximum Gasteiger partial charge on any atom is 0.243 e. The topological polar surface area (TPSA) is 83.6 Å². The first-order valence-corrected chi connectivity index (χ1v) is 10.4. The summed E-state index contributed by atoms with van der Waals surface area (Å²) in [7, 11) is -3.09. The minimum absolute atomic E-state index is 0.0648. The minimum atomic E-state index is -3.09. The van der Waals surface area contributed by atoms with Gasteiger partial charge in [-0.15, -0.1) is 11.8 Å². The van der Waals surface area contributed by atoms with Crippen molar-refractivity contribution in [2.75, 3.05) is 30.2 Å². The van der Waals surface area contributed by atoms with Gasteiger partial charge in [0.2, 0.25) is 11.8 Å². The van der Waals surface area contributed by atoms with Crippen molar-refractivity contribution in [2.45, 2.75) is 31.7 Å². The third kappa shape index (κ3) is 4.60. The first-order chi connectivity index (χ1) is 9.88. The molecule has 0 aromatic rings. The standard InChI is InChI=1S/C13H22N2O4S2/c1-21(18,19)7-6-14-12(16)11-8-20-9-15(11)13(17)10-4-2-3-5-10/h10-11H,2-9H2,1H3,(H,14,16). The van der Waals surface area contributed by atoms with E-state index < -0.39 is 15.9 Å².